The van der Waals surface area contributed by atoms with Crippen LogP contribution in [0.2, 0.25) is 4.34 Å². The van der Waals surface area contributed by atoms with Crippen LogP contribution in [-0.2, 0) is 11.3 Å². The molecule has 0 aromatic carbocycles. The van der Waals surface area contributed by atoms with Crippen LogP contribution < -0.4 is 5.32 Å². The number of thiophene rings is 1. The van der Waals surface area contributed by atoms with E-state index in [9.17, 15) is 4.79 Å². The van der Waals surface area contributed by atoms with Crippen molar-refractivity contribution in [2.75, 3.05) is 12.4 Å². The first-order valence-electron chi connectivity index (χ1n) is 4.57. The predicted molar refractivity (Wildman–Crippen MR) is 67.9 cm³/mol. The van der Waals surface area contributed by atoms with E-state index in [2.05, 4.69) is 15.5 Å². The predicted octanol–water partition coefficient (Wildman–Crippen LogP) is 2.65. The third-order valence-electron chi connectivity index (χ3n) is 1.75. The fourth-order valence-corrected chi connectivity index (χ4v) is 2.73. The highest BCUT2D eigenvalue weighted by molar-refractivity contribution is 7.18. The van der Waals surface area contributed by atoms with Crippen LogP contribution in [-0.4, -0.2) is 23.2 Å². The van der Waals surface area contributed by atoms with Crippen molar-refractivity contribution < 1.29 is 9.53 Å². The Morgan fingerprint density at radius 1 is 1.47 bits per heavy atom. The molecular weight excluding hydrogens is 282 g/mol. The summed E-state index contributed by atoms with van der Waals surface area (Å²) >= 11 is 8.25. The van der Waals surface area contributed by atoms with Crippen LogP contribution >= 0.6 is 34.3 Å². The van der Waals surface area contributed by atoms with Crippen LogP contribution in [0.1, 0.15) is 14.7 Å². The summed E-state index contributed by atoms with van der Waals surface area (Å²) in [5.74, 6) is -0.234. The van der Waals surface area contributed by atoms with Crippen molar-refractivity contribution in [1.29, 1.82) is 0 Å². The lowest BCUT2D eigenvalue weighted by atomic mass is 10.4. The van der Waals surface area contributed by atoms with Gasteiger partial charge in [-0.25, -0.2) is 0 Å². The number of halogens is 1. The highest BCUT2D eigenvalue weighted by Crippen LogP contribution is 2.23. The number of hydrogen-bond acceptors (Lipinski definition) is 6. The molecule has 0 aliphatic rings. The van der Waals surface area contributed by atoms with Gasteiger partial charge in [-0.1, -0.05) is 22.9 Å². The van der Waals surface area contributed by atoms with Crippen molar-refractivity contribution in [3.05, 3.63) is 26.4 Å². The van der Waals surface area contributed by atoms with Crippen LogP contribution in [0.3, 0.4) is 0 Å². The van der Waals surface area contributed by atoms with Crippen molar-refractivity contribution in [3.63, 3.8) is 0 Å². The maximum absolute atomic E-state index is 11.7. The second-order valence-electron chi connectivity index (χ2n) is 2.99. The number of nitrogens with zero attached hydrogens (tertiary/aromatic N) is 2. The molecule has 0 radical (unpaired) electrons. The minimum atomic E-state index is -0.234. The quantitative estimate of drug-likeness (QED) is 0.940. The summed E-state index contributed by atoms with van der Waals surface area (Å²) in [5.41, 5.74) is 0. The monoisotopic (exact) mass is 289 g/mol. The number of nitrogens with one attached hydrogen (secondary N) is 1. The number of aromatic nitrogens is 2. The molecule has 0 spiro atoms. The zero-order valence-electron chi connectivity index (χ0n) is 8.77. The summed E-state index contributed by atoms with van der Waals surface area (Å²) in [5, 5.41) is 11.5. The number of amides is 1. The van der Waals surface area contributed by atoms with Gasteiger partial charge in [-0.15, -0.1) is 21.5 Å². The van der Waals surface area contributed by atoms with E-state index in [1.807, 2.05) is 0 Å². The second-order valence-corrected chi connectivity index (χ2v) is 5.77. The average Bonchev–Trinajstić information content (AvgIpc) is 2.88. The Bertz CT molecular complexity index is 526. The molecule has 0 atom stereocenters. The molecule has 1 N–H and O–H groups in total. The molecule has 1 amide bonds. The van der Waals surface area contributed by atoms with E-state index in [0.29, 0.717) is 26.0 Å². The molecule has 0 saturated carbocycles. The Balaban J connectivity index is 2.02. The van der Waals surface area contributed by atoms with Crippen molar-refractivity contribution in [1.82, 2.24) is 10.2 Å². The smallest absolute Gasteiger partial charge is 0.267 e. The number of ether oxygens (including phenoxy) is 1. The summed E-state index contributed by atoms with van der Waals surface area (Å²) in [6.07, 6.45) is 0. The van der Waals surface area contributed by atoms with E-state index in [-0.39, 0.29) is 5.91 Å². The molecule has 8 heteroatoms. The highest BCUT2D eigenvalue weighted by Gasteiger charge is 2.11. The highest BCUT2D eigenvalue weighted by atomic mass is 35.5. The van der Waals surface area contributed by atoms with E-state index in [1.54, 1.807) is 19.2 Å². The van der Waals surface area contributed by atoms with Gasteiger partial charge < -0.3 is 4.74 Å². The van der Waals surface area contributed by atoms with E-state index in [4.69, 9.17) is 16.3 Å². The van der Waals surface area contributed by atoms with Gasteiger partial charge in [-0.2, -0.15) is 0 Å². The Morgan fingerprint density at radius 3 is 2.94 bits per heavy atom. The van der Waals surface area contributed by atoms with Gasteiger partial charge in [0.05, 0.1) is 9.21 Å². The van der Waals surface area contributed by atoms with Crippen LogP contribution in [0.15, 0.2) is 12.1 Å². The fraction of sp³-hybridized carbons (Fsp3) is 0.222. The molecule has 5 nitrogen and oxygen atoms in total. The average molecular weight is 290 g/mol. The third-order valence-corrected chi connectivity index (χ3v) is 3.79. The SMILES string of the molecule is COCc1nnc(NC(=O)c2ccc(Cl)s2)s1. The zero-order chi connectivity index (χ0) is 12.3. The molecule has 2 aromatic rings. The fourth-order valence-electron chi connectivity index (χ4n) is 1.08. The molecule has 0 unspecified atom stereocenters. The van der Waals surface area contributed by atoms with Gasteiger partial charge in [-0.3, -0.25) is 10.1 Å². The van der Waals surface area contributed by atoms with Gasteiger partial charge in [0.25, 0.3) is 5.91 Å². The minimum Gasteiger partial charge on any atom is -0.377 e. The maximum Gasteiger partial charge on any atom is 0.267 e. The van der Waals surface area contributed by atoms with Crippen LogP contribution in [0.5, 0.6) is 0 Å². The topological polar surface area (TPSA) is 64.1 Å². The Labute approximate surface area is 110 Å². The molecule has 90 valence electrons. The number of carbonyl (C=O) groups excluding carboxylic acids is 1. The Morgan fingerprint density at radius 2 is 2.29 bits per heavy atom. The number of carbonyl (C=O) groups is 1. The lowest BCUT2D eigenvalue weighted by molar-refractivity contribution is 0.103. The van der Waals surface area contributed by atoms with Gasteiger partial charge in [0.1, 0.15) is 11.6 Å². The Hall–Kier alpha value is -1.02. The van der Waals surface area contributed by atoms with Gasteiger partial charge in [0.15, 0.2) is 0 Å². The van der Waals surface area contributed by atoms with E-state index in [1.165, 1.54) is 22.7 Å². The van der Waals surface area contributed by atoms with Crippen LogP contribution in [0, 0.1) is 0 Å². The number of rotatable bonds is 4. The van der Waals surface area contributed by atoms with Crippen LogP contribution in [0.25, 0.3) is 0 Å². The standard InChI is InChI=1S/C9H8ClN3O2S2/c1-15-4-7-12-13-9(17-7)11-8(14)5-2-3-6(10)16-5/h2-3H,4H2,1H3,(H,11,13,14). The van der Waals surface area contributed by atoms with Crippen molar-refractivity contribution in [2.24, 2.45) is 0 Å². The molecule has 0 aliphatic carbocycles. The summed E-state index contributed by atoms with van der Waals surface area (Å²) < 4.78 is 5.49. The number of methoxy groups -OCH3 is 1. The van der Waals surface area contributed by atoms with Gasteiger partial charge in [0, 0.05) is 7.11 Å². The van der Waals surface area contributed by atoms with Gasteiger partial charge >= 0.3 is 0 Å². The third kappa shape index (κ3) is 3.22. The van der Waals surface area contributed by atoms with E-state index in [0.717, 1.165) is 0 Å². The summed E-state index contributed by atoms with van der Waals surface area (Å²) in [7, 11) is 1.58. The van der Waals surface area contributed by atoms with Gasteiger partial charge in [-0.05, 0) is 12.1 Å². The first kappa shape index (κ1) is 12.4. The van der Waals surface area contributed by atoms with Gasteiger partial charge in [0.2, 0.25) is 5.13 Å². The second kappa shape index (κ2) is 5.54. The lowest BCUT2D eigenvalue weighted by Crippen LogP contribution is -2.09. The molecule has 0 aliphatic heterocycles. The first-order chi connectivity index (χ1) is 8.19. The summed E-state index contributed by atoms with van der Waals surface area (Å²) in [4.78, 5) is 12.3. The number of hydrogen-bond donors (Lipinski definition) is 1. The van der Waals surface area contributed by atoms with Crippen molar-refractivity contribution in [3.8, 4) is 0 Å². The maximum atomic E-state index is 11.7. The molecule has 0 bridgehead atoms. The molecular formula is C9H8ClN3O2S2. The molecule has 0 fully saturated rings. The summed E-state index contributed by atoms with van der Waals surface area (Å²) in [6, 6.07) is 3.34. The molecule has 2 heterocycles. The Kier molecular flexibility index (Phi) is 4.06. The van der Waals surface area contributed by atoms with Crippen molar-refractivity contribution in [2.45, 2.75) is 6.61 Å². The van der Waals surface area contributed by atoms with E-state index < -0.39 is 0 Å². The molecule has 0 saturated heterocycles. The molecule has 2 aromatic heterocycles. The summed E-state index contributed by atoms with van der Waals surface area (Å²) in [6.45, 7) is 0.387. The lowest BCUT2D eigenvalue weighted by Gasteiger charge is -1.96. The number of anilines is 1. The largest absolute Gasteiger partial charge is 0.377 e. The van der Waals surface area contributed by atoms with E-state index >= 15 is 0 Å². The van der Waals surface area contributed by atoms with Crippen LogP contribution in [0.4, 0.5) is 5.13 Å². The first-order valence-corrected chi connectivity index (χ1v) is 6.58. The minimum absolute atomic E-state index is 0.234. The molecule has 17 heavy (non-hydrogen) atoms. The normalized spacial score (nSPS) is 10.5. The zero-order valence-corrected chi connectivity index (χ0v) is 11.2. The molecule has 2 rings (SSSR count). The van der Waals surface area contributed by atoms with Crippen molar-refractivity contribution >= 4 is 45.3 Å².